The zero-order valence-corrected chi connectivity index (χ0v) is 14.1. The number of fused-ring (bicyclic) bond motifs is 1. The highest BCUT2D eigenvalue weighted by molar-refractivity contribution is 5.89. The Hall–Kier alpha value is -2.61. The number of likely N-dealkylation sites (tertiary alicyclic amines) is 1. The van der Waals surface area contributed by atoms with Crippen LogP contribution in [0.2, 0.25) is 0 Å². The number of ether oxygens (including phenoxy) is 1. The van der Waals surface area contributed by atoms with Crippen molar-refractivity contribution in [2.75, 3.05) is 25.4 Å². The number of aromatic nitrogens is 2. The van der Waals surface area contributed by atoms with E-state index in [1.807, 2.05) is 4.90 Å². The van der Waals surface area contributed by atoms with Gasteiger partial charge in [0.1, 0.15) is 5.65 Å². The van der Waals surface area contributed by atoms with Crippen LogP contribution < -0.4 is 5.73 Å². The zero-order valence-electron chi connectivity index (χ0n) is 14.1. The summed E-state index contributed by atoms with van der Waals surface area (Å²) in [5, 5.41) is 9.27. The van der Waals surface area contributed by atoms with Crippen LogP contribution in [-0.2, 0) is 16.1 Å². The fraction of sp³-hybridized carbons (Fsp3) is 0.471. The molecule has 1 aliphatic heterocycles. The van der Waals surface area contributed by atoms with Crippen molar-refractivity contribution >= 4 is 23.3 Å². The molecule has 1 atom stereocenters. The number of hydrogen-bond acceptors (Lipinski definition) is 6. The van der Waals surface area contributed by atoms with Gasteiger partial charge in [-0.3, -0.25) is 14.1 Å². The molecule has 0 radical (unpaired) electrons. The lowest BCUT2D eigenvalue weighted by molar-refractivity contribution is -0.143. The van der Waals surface area contributed by atoms with E-state index < -0.39 is 11.9 Å². The van der Waals surface area contributed by atoms with Crippen LogP contribution in [-0.4, -0.2) is 51.0 Å². The van der Waals surface area contributed by atoms with Gasteiger partial charge in [-0.2, -0.15) is 0 Å². The Morgan fingerprint density at radius 1 is 1.44 bits per heavy atom. The SMILES string of the molecule is CCOC(=O)c1nc2ccc(N)cn2c1CN1CCCC(C(=O)O)C1. The van der Waals surface area contributed by atoms with Gasteiger partial charge in [-0.15, -0.1) is 0 Å². The lowest BCUT2D eigenvalue weighted by atomic mass is 9.98. The van der Waals surface area contributed by atoms with Crippen LogP contribution in [0.5, 0.6) is 0 Å². The predicted molar refractivity (Wildman–Crippen MR) is 91.2 cm³/mol. The van der Waals surface area contributed by atoms with Crippen LogP contribution in [0.15, 0.2) is 18.3 Å². The van der Waals surface area contributed by atoms with Gasteiger partial charge in [0.25, 0.3) is 0 Å². The molecular weight excluding hydrogens is 324 g/mol. The van der Waals surface area contributed by atoms with Gasteiger partial charge in [-0.05, 0) is 38.4 Å². The molecule has 0 amide bonds. The number of nitrogens with zero attached hydrogens (tertiary/aromatic N) is 3. The number of pyridine rings is 1. The maximum absolute atomic E-state index is 12.3. The average Bonchev–Trinajstić information content (AvgIpc) is 2.93. The van der Waals surface area contributed by atoms with Crippen LogP contribution in [0.3, 0.4) is 0 Å². The van der Waals surface area contributed by atoms with Crippen molar-refractivity contribution in [1.82, 2.24) is 14.3 Å². The monoisotopic (exact) mass is 346 g/mol. The van der Waals surface area contributed by atoms with Gasteiger partial charge in [-0.25, -0.2) is 9.78 Å². The molecule has 1 unspecified atom stereocenters. The normalized spacial score (nSPS) is 18.4. The van der Waals surface area contributed by atoms with Crippen LogP contribution in [0.1, 0.15) is 35.9 Å². The number of anilines is 1. The third-order valence-electron chi connectivity index (χ3n) is 4.44. The minimum Gasteiger partial charge on any atom is -0.481 e. The summed E-state index contributed by atoms with van der Waals surface area (Å²) in [4.78, 5) is 30.0. The van der Waals surface area contributed by atoms with Crippen LogP contribution >= 0.6 is 0 Å². The summed E-state index contributed by atoms with van der Waals surface area (Å²) in [5.74, 6) is -1.65. The molecule has 3 N–H and O–H groups in total. The van der Waals surface area contributed by atoms with Crippen LogP contribution in [0.4, 0.5) is 5.69 Å². The van der Waals surface area contributed by atoms with Crippen molar-refractivity contribution in [2.24, 2.45) is 5.92 Å². The lowest BCUT2D eigenvalue weighted by Gasteiger charge is -2.30. The molecule has 25 heavy (non-hydrogen) atoms. The van der Waals surface area contributed by atoms with Gasteiger partial charge in [0.2, 0.25) is 0 Å². The maximum atomic E-state index is 12.3. The summed E-state index contributed by atoms with van der Waals surface area (Å²) in [6.45, 7) is 3.66. The number of nitrogen functional groups attached to an aromatic ring is 1. The van der Waals surface area contributed by atoms with E-state index in [0.29, 0.717) is 36.5 Å². The van der Waals surface area contributed by atoms with Crippen LogP contribution in [0, 0.1) is 5.92 Å². The summed E-state index contributed by atoms with van der Waals surface area (Å²) in [7, 11) is 0. The van der Waals surface area contributed by atoms with E-state index in [1.165, 1.54) is 0 Å². The quantitative estimate of drug-likeness (QED) is 0.787. The zero-order chi connectivity index (χ0) is 18.0. The number of aliphatic carboxylic acids is 1. The number of hydrogen-bond donors (Lipinski definition) is 2. The molecule has 0 aromatic carbocycles. The molecule has 0 saturated carbocycles. The third-order valence-corrected chi connectivity index (χ3v) is 4.44. The van der Waals surface area contributed by atoms with Crippen molar-refractivity contribution < 1.29 is 19.4 Å². The van der Waals surface area contributed by atoms with Crippen molar-refractivity contribution in [1.29, 1.82) is 0 Å². The Labute approximate surface area is 145 Å². The van der Waals surface area contributed by atoms with E-state index >= 15 is 0 Å². The third kappa shape index (κ3) is 3.58. The second kappa shape index (κ2) is 7.10. The van der Waals surface area contributed by atoms with Gasteiger partial charge in [-0.1, -0.05) is 0 Å². The number of esters is 1. The molecule has 8 nitrogen and oxygen atoms in total. The molecule has 8 heteroatoms. The first-order valence-corrected chi connectivity index (χ1v) is 8.38. The number of carboxylic acids is 1. The Kier molecular flexibility index (Phi) is 4.89. The number of carbonyl (C=O) groups is 2. The maximum Gasteiger partial charge on any atom is 0.358 e. The Morgan fingerprint density at radius 3 is 2.96 bits per heavy atom. The van der Waals surface area contributed by atoms with Gasteiger partial charge in [0.15, 0.2) is 5.69 Å². The minimum absolute atomic E-state index is 0.255. The van der Waals surface area contributed by atoms with Gasteiger partial charge in [0, 0.05) is 25.0 Å². The highest BCUT2D eigenvalue weighted by atomic mass is 16.5. The first-order valence-electron chi connectivity index (χ1n) is 8.38. The molecule has 0 spiro atoms. The topological polar surface area (TPSA) is 110 Å². The fourth-order valence-electron chi connectivity index (χ4n) is 3.24. The first kappa shape index (κ1) is 17.2. The summed E-state index contributed by atoms with van der Waals surface area (Å²) in [6.07, 6.45) is 3.21. The molecule has 2 aromatic rings. The Balaban J connectivity index is 1.95. The van der Waals surface area contributed by atoms with Crippen molar-refractivity contribution in [2.45, 2.75) is 26.3 Å². The number of imidazole rings is 1. The molecule has 0 bridgehead atoms. The summed E-state index contributed by atoms with van der Waals surface area (Å²) in [6, 6.07) is 3.47. The molecule has 134 valence electrons. The second-order valence-electron chi connectivity index (χ2n) is 6.23. The van der Waals surface area contributed by atoms with Gasteiger partial charge in [0.05, 0.1) is 18.2 Å². The number of carbonyl (C=O) groups excluding carboxylic acids is 1. The molecule has 1 aliphatic rings. The Morgan fingerprint density at radius 2 is 2.24 bits per heavy atom. The smallest absolute Gasteiger partial charge is 0.358 e. The number of carboxylic acid groups (broad SMARTS) is 1. The van der Waals surface area contributed by atoms with Crippen LogP contribution in [0.25, 0.3) is 5.65 Å². The molecule has 0 aliphatic carbocycles. The second-order valence-corrected chi connectivity index (χ2v) is 6.23. The molecule has 1 fully saturated rings. The summed E-state index contributed by atoms with van der Waals surface area (Å²) in [5.41, 5.74) is 7.97. The van der Waals surface area contributed by atoms with Gasteiger partial charge < -0.3 is 15.6 Å². The first-order chi connectivity index (χ1) is 12.0. The minimum atomic E-state index is -0.780. The molecule has 3 rings (SSSR count). The number of nitrogens with two attached hydrogens (primary N) is 1. The van der Waals surface area contributed by atoms with E-state index in [4.69, 9.17) is 10.5 Å². The standard InChI is InChI=1S/C17H22N4O4/c1-2-25-17(24)15-13(21-9-12(18)5-6-14(21)19-15)10-20-7-3-4-11(8-20)16(22)23/h5-6,9,11H,2-4,7-8,10,18H2,1H3,(H,22,23). The van der Waals surface area contributed by atoms with Gasteiger partial charge >= 0.3 is 11.9 Å². The molecule has 2 aromatic heterocycles. The van der Waals surface area contributed by atoms with E-state index in [9.17, 15) is 14.7 Å². The summed E-state index contributed by atoms with van der Waals surface area (Å²) >= 11 is 0. The molecular formula is C17H22N4O4. The Bertz CT molecular complexity index is 801. The van der Waals surface area contributed by atoms with E-state index in [0.717, 1.165) is 13.0 Å². The predicted octanol–water partition coefficient (Wildman–Crippen LogP) is 1.39. The van der Waals surface area contributed by atoms with Crippen molar-refractivity contribution in [3.63, 3.8) is 0 Å². The van der Waals surface area contributed by atoms with Crippen molar-refractivity contribution in [3.05, 3.63) is 29.7 Å². The average molecular weight is 346 g/mol. The van der Waals surface area contributed by atoms with E-state index in [1.54, 1.807) is 29.7 Å². The summed E-state index contributed by atoms with van der Waals surface area (Å²) < 4.78 is 6.90. The highest BCUT2D eigenvalue weighted by Gasteiger charge is 2.28. The lowest BCUT2D eigenvalue weighted by Crippen LogP contribution is -2.38. The highest BCUT2D eigenvalue weighted by Crippen LogP contribution is 2.22. The van der Waals surface area contributed by atoms with Crippen molar-refractivity contribution in [3.8, 4) is 0 Å². The van der Waals surface area contributed by atoms with E-state index in [2.05, 4.69) is 4.98 Å². The molecule has 3 heterocycles. The number of piperidine rings is 1. The fourth-order valence-corrected chi connectivity index (χ4v) is 3.24. The van der Waals surface area contributed by atoms with E-state index in [-0.39, 0.29) is 18.2 Å². The largest absolute Gasteiger partial charge is 0.481 e. The number of rotatable bonds is 5. The molecule has 1 saturated heterocycles.